The van der Waals surface area contributed by atoms with E-state index in [0.29, 0.717) is 19.0 Å². The molecule has 0 unspecified atom stereocenters. The summed E-state index contributed by atoms with van der Waals surface area (Å²) in [7, 11) is 0. The standard InChI is InChI=1S/C6H10O3/c7-3-1-6(5-9)2-4-8/h3,5-6,8H,1-2,4H2/t6-/m1/s1. The fourth-order valence-electron chi connectivity index (χ4n) is 0.531. The third kappa shape index (κ3) is 3.85. The van der Waals surface area contributed by atoms with Crippen LogP contribution in [-0.2, 0) is 9.59 Å². The average Bonchev–Trinajstić information content (AvgIpc) is 1.88. The molecule has 9 heavy (non-hydrogen) atoms. The lowest BCUT2D eigenvalue weighted by Crippen LogP contribution is -2.04. The highest BCUT2D eigenvalue weighted by atomic mass is 16.3. The van der Waals surface area contributed by atoms with E-state index < -0.39 is 0 Å². The van der Waals surface area contributed by atoms with Crippen LogP contribution in [0.5, 0.6) is 0 Å². The second kappa shape index (κ2) is 5.44. The lowest BCUT2D eigenvalue weighted by atomic mass is 10.1. The maximum atomic E-state index is 10.0. The quantitative estimate of drug-likeness (QED) is 0.523. The molecule has 3 heteroatoms. The smallest absolute Gasteiger partial charge is 0.123 e. The van der Waals surface area contributed by atoms with Gasteiger partial charge in [-0.2, -0.15) is 0 Å². The zero-order valence-electron chi connectivity index (χ0n) is 5.12. The molecule has 0 heterocycles. The van der Waals surface area contributed by atoms with Gasteiger partial charge >= 0.3 is 0 Å². The summed E-state index contributed by atoms with van der Waals surface area (Å²) in [6.45, 7) is -0.0305. The molecule has 0 aromatic rings. The van der Waals surface area contributed by atoms with Gasteiger partial charge in [-0.1, -0.05) is 0 Å². The molecule has 0 saturated carbocycles. The lowest BCUT2D eigenvalue weighted by molar-refractivity contribution is -0.115. The fourth-order valence-corrected chi connectivity index (χ4v) is 0.531. The Morgan fingerprint density at radius 2 is 2.11 bits per heavy atom. The van der Waals surface area contributed by atoms with Gasteiger partial charge in [0.15, 0.2) is 0 Å². The van der Waals surface area contributed by atoms with Gasteiger partial charge in [0, 0.05) is 18.9 Å². The Morgan fingerprint density at radius 1 is 1.44 bits per heavy atom. The van der Waals surface area contributed by atoms with Crippen LogP contribution in [0.3, 0.4) is 0 Å². The second-order valence-electron chi connectivity index (χ2n) is 1.81. The first kappa shape index (κ1) is 8.30. The molecule has 0 aliphatic heterocycles. The van der Waals surface area contributed by atoms with Crippen LogP contribution in [0.25, 0.3) is 0 Å². The number of hydrogen-bond acceptors (Lipinski definition) is 3. The van der Waals surface area contributed by atoms with E-state index in [1.54, 1.807) is 0 Å². The van der Waals surface area contributed by atoms with Crippen molar-refractivity contribution in [3.05, 3.63) is 0 Å². The van der Waals surface area contributed by atoms with Gasteiger partial charge in [0.2, 0.25) is 0 Å². The van der Waals surface area contributed by atoms with E-state index in [1.165, 1.54) is 0 Å². The molecule has 0 fully saturated rings. The average molecular weight is 130 g/mol. The van der Waals surface area contributed by atoms with Crippen LogP contribution in [0, 0.1) is 5.92 Å². The Labute approximate surface area is 53.7 Å². The fraction of sp³-hybridized carbons (Fsp3) is 0.667. The van der Waals surface area contributed by atoms with Crippen molar-refractivity contribution in [3.8, 4) is 0 Å². The highest BCUT2D eigenvalue weighted by molar-refractivity contribution is 5.61. The molecule has 0 radical (unpaired) electrons. The van der Waals surface area contributed by atoms with Gasteiger partial charge in [-0.25, -0.2) is 0 Å². The number of rotatable bonds is 5. The Hall–Kier alpha value is -0.700. The third-order valence-electron chi connectivity index (χ3n) is 1.09. The van der Waals surface area contributed by atoms with Gasteiger partial charge in [0.1, 0.15) is 12.6 Å². The third-order valence-corrected chi connectivity index (χ3v) is 1.09. The van der Waals surface area contributed by atoms with Crippen LogP contribution >= 0.6 is 0 Å². The van der Waals surface area contributed by atoms with Crippen molar-refractivity contribution >= 4 is 12.6 Å². The molecular formula is C6H10O3. The summed E-state index contributed by atoms with van der Waals surface area (Å²) in [5, 5.41) is 8.32. The Morgan fingerprint density at radius 3 is 2.44 bits per heavy atom. The summed E-state index contributed by atoms with van der Waals surface area (Å²) in [6.07, 6.45) is 2.01. The number of hydrogen-bond donors (Lipinski definition) is 1. The zero-order valence-corrected chi connectivity index (χ0v) is 5.12. The van der Waals surface area contributed by atoms with E-state index in [4.69, 9.17) is 5.11 Å². The van der Waals surface area contributed by atoms with Crippen LogP contribution in [0.1, 0.15) is 12.8 Å². The van der Waals surface area contributed by atoms with Crippen LogP contribution in [0.15, 0.2) is 0 Å². The van der Waals surface area contributed by atoms with Crippen molar-refractivity contribution in [3.63, 3.8) is 0 Å². The Bertz CT molecular complexity index is 90.3. The molecule has 0 spiro atoms. The van der Waals surface area contributed by atoms with E-state index in [1.807, 2.05) is 0 Å². The maximum Gasteiger partial charge on any atom is 0.123 e. The maximum absolute atomic E-state index is 10.0. The van der Waals surface area contributed by atoms with Gasteiger partial charge < -0.3 is 14.7 Å². The molecule has 0 aromatic carbocycles. The van der Waals surface area contributed by atoms with Crippen molar-refractivity contribution in [2.75, 3.05) is 6.61 Å². The Balaban J connectivity index is 3.40. The molecule has 3 nitrogen and oxygen atoms in total. The van der Waals surface area contributed by atoms with Gasteiger partial charge in [-0.15, -0.1) is 0 Å². The van der Waals surface area contributed by atoms with Crippen molar-refractivity contribution < 1.29 is 14.7 Å². The molecule has 1 atom stereocenters. The van der Waals surface area contributed by atoms with E-state index >= 15 is 0 Å². The van der Waals surface area contributed by atoms with Crippen molar-refractivity contribution in [2.24, 2.45) is 5.92 Å². The van der Waals surface area contributed by atoms with Crippen molar-refractivity contribution in [2.45, 2.75) is 12.8 Å². The summed E-state index contributed by atoms with van der Waals surface area (Å²) in [4.78, 5) is 19.8. The van der Waals surface area contributed by atoms with Crippen molar-refractivity contribution in [1.29, 1.82) is 0 Å². The van der Waals surface area contributed by atoms with Gasteiger partial charge in [0.25, 0.3) is 0 Å². The van der Waals surface area contributed by atoms with Gasteiger partial charge in [-0.3, -0.25) is 0 Å². The number of aliphatic hydroxyl groups excluding tert-OH is 1. The minimum atomic E-state index is -0.285. The lowest BCUT2D eigenvalue weighted by Gasteiger charge is -2.00. The molecule has 0 saturated heterocycles. The Kier molecular flexibility index (Phi) is 5.01. The summed E-state index contributed by atoms with van der Waals surface area (Å²) in [5.74, 6) is -0.285. The van der Waals surface area contributed by atoms with Crippen LogP contribution in [-0.4, -0.2) is 24.3 Å². The summed E-state index contributed by atoms with van der Waals surface area (Å²) in [6, 6.07) is 0. The van der Waals surface area contributed by atoms with E-state index in [2.05, 4.69) is 0 Å². The molecule has 0 bridgehead atoms. The molecule has 0 aromatic heterocycles. The van der Waals surface area contributed by atoms with E-state index in [0.717, 1.165) is 0 Å². The first-order valence-electron chi connectivity index (χ1n) is 2.85. The van der Waals surface area contributed by atoms with Gasteiger partial charge in [-0.05, 0) is 6.42 Å². The number of carbonyl (C=O) groups excluding carboxylic acids is 2. The monoisotopic (exact) mass is 130 g/mol. The summed E-state index contributed by atoms with van der Waals surface area (Å²) in [5.41, 5.74) is 0. The SMILES string of the molecule is O=CC[C@@H](C=O)CCO. The summed E-state index contributed by atoms with van der Waals surface area (Å²) >= 11 is 0. The molecule has 0 aliphatic rings. The number of carbonyl (C=O) groups is 2. The first-order valence-corrected chi connectivity index (χ1v) is 2.85. The second-order valence-corrected chi connectivity index (χ2v) is 1.81. The van der Waals surface area contributed by atoms with Crippen LogP contribution in [0.2, 0.25) is 0 Å². The molecule has 1 N–H and O–H groups in total. The van der Waals surface area contributed by atoms with Crippen LogP contribution in [0.4, 0.5) is 0 Å². The normalized spacial score (nSPS) is 12.6. The molecule has 0 aliphatic carbocycles. The predicted molar refractivity (Wildman–Crippen MR) is 31.9 cm³/mol. The molecule has 52 valence electrons. The first-order chi connectivity index (χ1) is 4.35. The van der Waals surface area contributed by atoms with Crippen molar-refractivity contribution in [1.82, 2.24) is 0 Å². The largest absolute Gasteiger partial charge is 0.396 e. The summed E-state index contributed by atoms with van der Waals surface area (Å²) < 4.78 is 0. The van der Waals surface area contributed by atoms with E-state index in [9.17, 15) is 9.59 Å². The molecule has 0 amide bonds. The topological polar surface area (TPSA) is 54.4 Å². The zero-order chi connectivity index (χ0) is 7.11. The molecule has 0 rings (SSSR count). The highest BCUT2D eigenvalue weighted by Crippen LogP contribution is 2.00. The van der Waals surface area contributed by atoms with Crippen LogP contribution < -0.4 is 0 Å². The van der Waals surface area contributed by atoms with E-state index in [-0.39, 0.29) is 18.9 Å². The minimum Gasteiger partial charge on any atom is -0.396 e. The minimum absolute atomic E-state index is 0.0305. The number of aldehydes is 2. The molecular weight excluding hydrogens is 120 g/mol. The number of aliphatic hydroxyl groups is 1. The predicted octanol–water partition coefficient (Wildman–Crippen LogP) is -0.227. The highest BCUT2D eigenvalue weighted by Gasteiger charge is 2.03. The van der Waals surface area contributed by atoms with Gasteiger partial charge in [0.05, 0.1) is 0 Å².